The number of rotatable bonds is 4. The van der Waals surface area contributed by atoms with Crippen molar-refractivity contribution in [2.24, 2.45) is 5.92 Å². The van der Waals surface area contributed by atoms with Gasteiger partial charge in [0.05, 0.1) is 12.6 Å². The minimum absolute atomic E-state index is 0.0376. The fraction of sp³-hybridized carbons (Fsp3) is 0.667. The van der Waals surface area contributed by atoms with E-state index in [0.717, 1.165) is 39.0 Å². The highest BCUT2D eigenvalue weighted by Gasteiger charge is 2.39. The normalized spacial score (nSPS) is 30.9. The monoisotopic (exact) mass is 294 g/mol. The van der Waals surface area contributed by atoms with E-state index in [0.29, 0.717) is 5.92 Å². The topological polar surface area (TPSA) is 41.6 Å². The number of thiophene rings is 1. The molecule has 2 aliphatic heterocycles. The van der Waals surface area contributed by atoms with E-state index in [1.807, 2.05) is 4.90 Å². The summed E-state index contributed by atoms with van der Waals surface area (Å²) in [6.45, 7) is 4.53. The van der Waals surface area contributed by atoms with E-state index in [2.05, 4.69) is 29.1 Å². The summed E-state index contributed by atoms with van der Waals surface area (Å²) < 4.78 is 5.55. The van der Waals surface area contributed by atoms with E-state index in [-0.39, 0.29) is 18.1 Å². The highest BCUT2D eigenvalue weighted by atomic mass is 32.1. The first-order valence-corrected chi connectivity index (χ1v) is 8.40. The molecule has 0 bridgehead atoms. The zero-order chi connectivity index (χ0) is 13.9. The van der Waals surface area contributed by atoms with Gasteiger partial charge >= 0.3 is 0 Å². The number of nitrogens with one attached hydrogen (secondary N) is 1. The van der Waals surface area contributed by atoms with Gasteiger partial charge in [0.1, 0.15) is 6.17 Å². The van der Waals surface area contributed by atoms with Gasteiger partial charge in [-0.25, -0.2) is 0 Å². The number of hydrogen-bond acceptors (Lipinski definition) is 4. The molecule has 0 saturated carbocycles. The van der Waals surface area contributed by atoms with Crippen LogP contribution < -0.4 is 5.32 Å². The van der Waals surface area contributed by atoms with Gasteiger partial charge in [-0.1, -0.05) is 6.92 Å². The zero-order valence-corrected chi connectivity index (χ0v) is 12.7. The van der Waals surface area contributed by atoms with E-state index >= 15 is 0 Å². The second-order valence-corrected chi connectivity index (χ2v) is 6.44. The molecule has 0 aromatic carbocycles. The van der Waals surface area contributed by atoms with Crippen molar-refractivity contribution in [3.05, 3.63) is 22.4 Å². The summed E-state index contributed by atoms with van der Waals surface area (Å²) in [5.74, 6) is 0.723. The van der Waals surface area contributed by atoms with Crippen LogP contribution in [-0.4, -0.2) is 36.6 Å². The number of nitrogens with zero attached hydrogens (tertiary/aromatic N) is 1. The SMILES string of the molecule is CCC1NC(c2ccsc2)N(CC2CCCOC2)C1=O. The van der Waals surface area contributed by atoms with Gasteiger partial charge in [-0.15, -0.1) is 0 Å². The van der Waals surface area contributed by atoms with Crippen LogP contribution in [0.2, 0.25) is 0 Å². The van der Waals surface area contributed by atoms with Crippen molar-refractivity contribution < 1.29 is 9.53 Å². The average Bonchev–Trinajstić information content (AvgIpc) is 3.10. The molecule has 110 valence electrons. The molecule has 4 nitrogen and oxygen atoms in total. The Balaban J connectivity index is 1.75. The molecular weight excluding hydrogens is 272 g/mol. The summed E-state index contributed by atoms with van der Waals surface area (Å²) >= 11 is 1.68. The standard InChI is InChI=1S/C15H22N2O2S/c1-2-13-15(18)17(8-11-4-3-6-19-9-11)14(16-13)12-5-7-20-10-12/h5,7,10-11,13-14,16H,2-4,6,8-9H2,1H3. The molecule has 3 unspecified atom stereocenters. The van der Waals surface area contributed by atoms with Crippen LogP contribution in [0.15, 0.2) is 16.8 Å². The van der Waals surface area contributed by atoms with Gasteiger partial charge in [-0.05, 0) is 41.7 Å². The van der Waals surface area contributed by atoms with E-state index in [1.165, 1.54) is 5.56 Å². The molecule has 0 radical (unpaired) electrons. The minimum atomic E-state index is -0.0376. The molecule has 0 spiro atoms. The molecule has 2 aliphatic rings. The van der Waals surface area contributed by atoms with E-state index in [9.17, 15) is 4.79 Å². The molecule has 1 N–H and O–H groups in total. The Kier molecular flexibility index (Phi) is 4.38. The van der Waals surface area contributed by atoms with Crippen LogP contribution in [0.25, 0.3) is 0 Å². The van der Waals surface area contributed by atoms with Gasteiger partial charge in [0.2, 0.25) is 5.91 Å². The van der Waals surface area contributed by atoms with E-state index in [1.54, 1.807) is 11.3 Å². The highest BCUT2D eigenvalue weighted by Crippen LogP contribution is 2.30. The summed E-state index contributed by atoms with van der Waals surface area (Å²) in [5, 5.41) is 7.68. The lowest BCUT2D eigenvalue weighted by molar-refractivity contribution is -0.131. The van der Waals surface area contributed by atoms with Gasteiger partial charge in [0, 0.05) is 19.1 Å². The maximum Gasteiger partial charge on any atom is 0.241 e. The van der Waals surface area contributed by atoms with Gasteiger partial charge in [0.25, 0.3) is 0 Å². The third kappa shape index (κ3) is 2.75. The van der Waals surface area contributed by atoms with Crippen molar-refractivity contribution in [3.8, 4) is 0 Å². The van der Waals surface area contributed by atoms with Crippen LogP contribution in [0, 0.1) is 5.92 Å². The van der Waals surface area contributed by atoms with Crippen molar-refractivity contribution in [3.63, 3.8) is 0 Å². The predicted octanol–water partition coefficient (Wildman–Crippen LogP) is 2.38. The highest BCUT2D eigenvalue weighted by molar-refractivity contribution is 7.07. The number of amides is 1. The molecule has 1 amide bonds. The summed E-state index contributed by atoms with van der Waals surface area (Å²) in [5.41, 5.74) is 1.20. The van der Waals surface area contributed by atoms with Crippen LogP contribution in [0.5, 0.6) is 0 Å². The Morgan fingerprint density at radius 3 is 3.10 bits per heavy atom. The second kappa shape index (κ2) is 6.24. The molecule has 1 aromatic rings. The lowest BCUT2D eigenvalue weighted by Gasteiger charge is -2.30. The molecule has 2 fully saturated rings. The Morgan fingerprint density at radius 2 is 2.45 bits per heavy atom. The summed E-state index contributed by atoms with van der Waals surface area (Å²) in [7, 11) is 0. The third-order valence-corrected chi connectivity index (χ3v) is 4.93. The molecule has 5 heteroatoms. The molecule has 3 heterocycles. The largest absolute Gasteiger partial charge is 0.381 e. The van der Waals surface area contributed by atoms with Crippen molar-refractivity contribution in [2.45, 2.75) is 38.4 Å². The van der Waals surface area contributed by atoms with Crippen molar-refractivity contribution in [1.82, 2.24) is 10.2 Å². The van der Waals surface area contributed by atoms with Crippen molar-refractivity contribution >= 4 is 17.2 Å². The molecule has 2 saturated heterocycles. The van der Waals surface area contributed by atoms with Crippen LogP contribution in [0.4, 0.5) is 0 Å². The Hall–Kier alpha value is -0.910. The van der Waals surface area contributed by atoms with Crippen molar-refractivity contribution in [2.75, 3.05) is 19.8 Å². The van der Waals surface area contributed by atoms with Crippen LogP contribution in [0.1, 0.15) is 37.9 Å². The Morgan fingerprint density at radius 1 is 1.55 bits per heavy atom. The summed E-state index contributed by atoms with van der Waals surface area (Å²) in [6.07, 6.45) is 3.16. The molecule has 3 rings (SSSR count). The second-order valence-electron chi connectivity index (χ2n) is 5.66. The quantitative estimate of drug-likeness (QED) is 0.927. The number of carbonyl (C=O) groups is 1. The van der Waals surface area contributed by atoms with E-state index in [4.69, 9.17) is 4.74 Å². The van der Waals surface area contributed by atoms with Crippen LogP contribution >= 0.6 is 11.3 Å². The first kappa shape index (κ1) is 14.0. The first-order valence-electron chi connectivity index (χ1n) is 7.46. The molecular formula is C15H22N2O2S. The zero-order valence-electron chi connectivity index (χ0n) is 11.9. The molecule has 1 aromatic heterocycles. The third-order valence-electron chi connectivity index (χ3n) is 4.23. The van der Waals surface area contributed by atoms with E-state index < -0.39 is 0 Å². The van der Waals surface area contributed by atoms with Crippen molar-refractivity contribution in [1.29, 1.82) is 0 Å². The number of carbonyl (C=O) groups excluding carboxylic acids is 1. The van der Waals surface area contributed by atoms with Gasteiger partial charge < -0.3 is 9.64 Å². The first-order chi connectivity index (χ1) is 9.79. The minimum Gasteiger partial charge on any atom is -0.381 e. The lowest BCUT2D eigenvalue weighted by atomic mass is 10.0. The molecule has 3 atom stereocenters. The Labute approximate surface area is 124 Å². The Bertz CT molecular complexity index is 443. The fourth-order valence-corrected chi connectivity index (χ4v) is 3.78. The lowest BCUT2D eigenvalue weighted by Crippen LogP contribution is -2.37. The maximum atomic E-state index is 12.5. The predicted molar refractivity (Wildman–Crippen MR) is 79.5 cm³/mol. The fourth-order valence-electron chi connectivity index (χ4n) is 3.10. The smallest absolute Gasteiger partial charge is 0.241 e. The van der Waals surface area contributed by atoms with Gasteiger partial charge in [-0.2, -0.15) is 11.3 Å². The average molecular weight is 294 g/mol. The van der Waals surface area contributed by atoms with Crippen LogP contribution in [-0.2, 0) is 9.53 Å². The maximum absolute atomic E-state index is 12.5. The number of hydrogen-bond donors (Lipinski definition) is 1. The molecule has 0 aliphatic carbocycles. The van der Waals surface area contributed by atoms with Gasteiger partial charge in [-0.3, -0.25) is 10.1 Å². The summed E-state index contributed by atoms with van der Waals surface area (Å²) in [4.78, 5) is 14.6. The van der Waals surface area contributed by atoms with Crippen LogP contribution in [0.3, 0.4) is 0 Å². The number of ether oxygens (including phenoxy) is 1. The molecule has 20 heavy (non-hydrogen) atoms. The summed E-state index contributed by atoms with van der Waals surface area (Å²) in [6, 6.07) is 2.07. The van der Waals surface area contributed by atoms with Gasteiger partial charge in [0.15, 0.2) is 0 Å².